The molecule has 0 aliphatic rings. The molecule has 2 atom stereocenters. The SMILES string of the molecule is Cc1ccc(C(O)C(C)N(C)CC(F)(F)F)cc1. The third-order valence-electron chi connectivity index (χ3n) is 3.00. The van der Waals surface area contributed by atoms with E-state index in [1.165, 1.54) is 7.05 Å². The Balaban J connectivity index is 2.71. The van der Waals surface area contributed by atoms with Crippen molar-refractivity contribution in [1.29, 1.82) is 0 Å². The zero-order valence-corrected chi connectivity index (χ0v) is 10.7. The number of halogens is 3. The highest BCUT2D eigenvalue weighted by molar-refractivity contribution is 5.23. The Hall–Kier alpha value is -1.07. The van der Waals surface area contributed by atoms with Crippen LogP contribution in [0.3, 0.4) is 0 Å². The van der Waals surface area contributed by atoms with E-state index in [1.54, 1.807) is 19.1 Å². The van der Waals surface area contributed by atoms with Gasteiger partial charge in [0, 0.05) is 6.04 Å². The summed E-state index contributed by atoms with van der Waals surface area (Å²) in [7, 11) is 1.36. The van der Waals surface area contributed by atoms with E-state index in [0.29, 0.717) is 5.56 Å². The zero-order valence-electron chi connectivity index (χ0n) is 10.7. The van der Waals surface area contributed by atoms with Crippen molar-refractivity contribution < 1.29 is 18.3 Å². The van der Waals surface area contributed by atoms with Crippen LogP contribution in [0.5, 0.6) is 0 Å². The summed E-state index contributed by atoms with van der Waals surface area (Å²) in [6.45, 7) is 2.46. The summed E-state index contributed by atoms with van der Waals surface area (Å²) >= 11 is 0. The van der Waals surface area contributed by atoms with Gasteiger partial charge in [0.15, 0.2) is 0 Å². The molecular weight excluding hydrogens is 243 g/mol. The lowest BCUT2D eigenvalue weighted by Crippen LogP contribution is -2.40. The average Bonchev–Trinajstić information content (AvgIpc) is 2.26. The molecule has 0 amide bonds. The number of aliphatic hydroxyl groups excluding tert-OH is 1. The molecule has 0 aliphatic heterocycles. The molecule has 0 aromatic heterocycles. The van der Waals surface area contributed by atoms with Gasteiger partial charge in [0.2, 0.25) is 0 Å². The lowest BCUT2D eigenvalue weighted by Gasteiger charge is -2.29. The van der Waals surface area contributed by atoms with Crippen LogP contribution in [0.2, 0.25) is 0 Å². The van der Waals surface area contributed by atoms with Gasteiger partial charge < -0.3 is 5.11 Å². The zero-order chi connectivity index (χ0) is 13.9. The van der Waals surface area contributed by atoms with Crippen molar-refractivity contribution in [2.24, 2.45) is 0 Å². The van der Waals surface area contributed by atoms with Gasteiger partial charge in [-0.2, -0.15) is 13.2 Å². The summed E-state index contributed by atoms with van der Waals surface area (Å²) < 4.78 is 36.8. The second-order valence-corrected chi connectivity index (χ2v) is 4.63. The number of aryl methyl sites for hydroxylation is 1. The quantitative estimate of drug-likeness (QED) is 0.900. The molecule has 5 heteroatoms. The van der Waals surface area contributed by atoms with Crippen LogP contribution in [0.15, 0.2) is 24.3 Å². The summed E-state index contributed by atoms with van der Waals surface area (Å²) in [4.78, 5) is 1.10. The molecule has 1 aromatic carbocycles. The van der Waals surface area contributed by atoms with Gasteiger partial charge in [0.1, 0.15) is 0 Å². The monoisotopic (exact) mass is 261 g/mol. The first-order valence-corrected chi connectivity index (χ1v) is 5.72. The number of nitrogens with zero attached hydrogens (tertiary/aromatic N) is 1. The van der Waals surface area contributed by atoms with Gasteiger partial charge in [-0.3, -0.25) is 4.90 Å². The van der Waals surface area contributed by atoms with Crippen LogP contribution in [0.4, 0.5) is 13.2 Å². The standard InChI is InChI=1S/C13H18F3NO/c1-9-4-6-11(7-5-9)12(18)10(2)17(3)8-13(14,15)16/h4-7,10,12,18H,8H2,1-3H3. The maximum atomic E-state index is 12.3. The fourth-order valence-corrected chi connectivity index (χ4v) is 1.71. The number of benzene rings is 1. The molecule has 102 valence electrons. The minimum Gasteiger partial charge on any atom is -0.387 e. The minimum absolute atomic E-state index is 0.602. The molecule has 1 rings (SSSR count). The van der Waals surface area contributed by atoms with E-state index in [-0.39, 0.29) is 0 Å². The normalized spacial score (nSPS) is 15.8. The first kappa shape index (κ1) is 15.0. The predicted molar refractivity (Wildman–Crippen MR) is 64.3 cm³/mol. The molecule has 1 N–H and O–H groups in total. The molecule has 0 saturated carbocycles. The lowest BCUT2D eigenvalue weighted by atomic mass is 10.0. The van der Waals surface area contributed by atoms with E-state index in [4.69, 9.17) is 0 Å². The number of likely N-dealkylation sites (N-methyl/N-ethyl adjacent to an activating group) is 1. The molecule has 0 heterocycles. The van der Waals surface area contributed by atoms with Crippen LogP contribution < -0.4 is 0 Å². The van der Waals surface area contributed by atoms with Crippen LogP contribution in [-0.2, 0) is 0 Å². The van der Waals surface area contributed by atoms with E-state index in [2.05, 4.69) is 0 Å². The molecule has 0 saturated heterocycles. The van der Waals surface area contributed by atoms with E-state index >= 15 is 0 Å². The van der Waals surface area contributed by atoms with Gasteiger partial charge in [0.05, 0.1) is 12.6 Å². The molecule has 2 nitrogen and oxygen atoms in total. The third kappa shape index (κ3) is 4.31. The molecule has 1 aromatic rings. The number of hydrogen-bond donors (Lipinski definition) is 1. The summed E-state index contributed by atoms with van der Waals surface area (Å²) in [6, 6.07) is 6.52. The summed E-state index contributed by atoms with van der Waals surface area (Å²) in [5, 5.41) is 10.0. The van der Waals surface area contributed by atoms with E-state index in [9.17, 15) is 18.3 Å². The molecule has 18 heavy (non-hydrogen) atoms. The highest BCUT2D eigenvalue weighted by Crippen LogP contribution is 2.23. The van der Waals surface area contributed by atoms with E-state index in [0.717, 1.165) is 10.5 Å². The Morgan fingerprint density at radius 2 is 1.72 bits per heavy atom. The Morgan fingerprint density at radius 3 is 2.17 bits per heavy atom. The second-order valence-electron chi connectivity index (χ2n) is 4.63. The van der Waals surface area contributed by atoms with Crippen LogP contribution in [0, 0.1) is 6.92 Å². The molecule has 0 fully saturated rings. The van der Waals surface area contributed by atoms with Crippen molar-refractivity contribution in [3.63, 3.8) is 0 Å². The molecule has 0 radical (unpaired) electrons. The molecule has 0 aliphatic carbocycles. The first-order valence-electron chi connectivity index (χ1n) is 5.72. The lowest BCUT2D eigenvalue weighted by molar-refractivity contribution is -0.151. The maximum absolute atomic E-state index is 12.3. The largest absolute Gasteiger partial charge is 0.401 e. The third-order valence-corrected chi connectivity index (χ3v) is 3.00. The summed E-state index contributed by atoms with van der Waals surface area (Å²) in [5.41, 5.74) is 1.67. The van der Waals surface area contributed by atoms with Gasteiger partial charge in [-0.1, -0.05) is 29.8 Å². The Labute approximate surface area is 105 Å². The minimum atomic E-state index is -4.25. The van der Waals surface area contributed by atoms with Crippen molar-refractivity contribution >= 4 is 0 Å². The molecular formula is C13H18F3NO. The number of alkyl halides is 3. The average molecular weight is 261 g/mol. The Bertz CT molecular complexity index is 375. The molecule has 0 spiro atoms. The highest BCUT2D eigenvalue weighted by Gasteiger charge is 2.32. The van der Waals surface area contributed by atoms with Crippen LogP contribution in [-0.4, -0.2) is 35.8 Å². The first-order chi connectivity index (χ1) is 8.20. The van der Waals surface area contributed by atoms with E-state index in [1.807, 2.05) is 19.1 Å². The summed E-state index contributed by atoms with van der Waals surface area (Å²) in [6.07, 6.45) is -5.19. The van der Waals surface area contributed by atoms with E-state index < -0.39 is 24.9 Å². The topological polar surface area (TPSA) is 23.5 Å². The summed E-state index contributed by atoms with van der Waals surface area (Å²) in [5.74, 6) is 0. The molecule has 2 unspecified atom stereocenters. The Morgan fingerprint density at radius 1 is 1.22 bits per heavy atom. The number of hydrogen-bond acceptors (Lipinski definition) is 2. The van der Waals surface area contributed by atoms with Crippen LogP contribution >= 0.6 is 0 Å². The van der Waals surface area contributed by atoms with Crippen molar-refractivity contribution in [3.05, 3.63) is 35.4 Å². The van der Waals surface area contributed by atoms with Crippen LogP contribution in [0.25, 0.3) is 0 Å². The van der Waals surface area contributed by atoms with Gasteiger partial charge in [-0.05, 0) is 26.5 Å². The van der Waals surface area contributed by atoms with Gasteiger partial charge in [-0.25, -0.2) is 0 Å². The van der Waals surface area contributed by atoms with Gasteiger partial charge in [-0.15, -0.1) is 0 Å². The van der Waals surface area contributed by atoms with Crippen molar-refractivity contribution in [2.75, 3.05) is 13.6 Å². The second kappa shape index (κ2) is 5.71. The fraction of sp³-hybridized carbons (Fsp3) is 0.538. The highest BCUT2D eigenvalue weighted by atomic mass is 19.4. The number of aliphatic hydroxyl groups is 1. The maximum Gasteiger partial charge on any atom is 0.401 e. The van der Waals surface area contributed by atoms with Crippen LogP contribution in [0.1, 0.15) is 24.2 Å². The van der Waals surface area contributed by atoms with Crippen molar-refractivity contribution in [2.45, 2.75) is 32.2 Å². The number of rotatable bonds is 4. The Kier molecular flexibility index (Phi) is 4.76. The van der Waals surface area contributed by atoms with Crippen molar-refractivity contribution in [1.82, 2.24) is 4.90 Å². The predicted octanol–water partition coefficient (Wildman–Crippen LogP) is 2.91. The smallest absolute Gasteiger partial charge is 0.387 e. The van der Waals surface area contributed by atoms with Gasteiger partial charge in [0.25, 0.3) is 0 Å². The fourth-order valence-electron chi connectivity index (χ4n) is 1.71. The van der Waals surface area contributed by atoms with Gasteiger partial charge >= 0.3 is 6.18 Å². The molecule has 0 bridgehead atoms. The van der Waals surface area contributed by atoms with Crippen molar-refractivity contribution in [3.8, 4) is 0 Å².